The average Bonchev–Trinajstić information content (AvgIpc) is 2.65. The van der Waals surface area contributed by atoms with Gasteiger partial charge in [0.15, 0.2) is 5.69 Å². The first kappa shape index (κ1) is 19.7. The minimum absolute atomic E-state index is 0.00463. The lowest BCUT2D eigenvalue weighted by atomic mass is 9.82. The third kappa shape index (κ3) is 4.12. The molecule has 0 heterocycles. The molecule has 2 rings (SSSR count). The highest BCUT2D eigenvalue weighted by atomic mass is 16.3. The molecule has 136 valence electrons. The molecular formula is C22H26N2O2. The first-order chi connectivity index (χ1) is 12.3. The van der Waals surface area contributed by atoms with Gasteiger partial charge in [0.2, 0.25) is 5.91 Å². The van der Waals surface area contributed by atoms with Crippen molar-refractivity contribution in [3.05, 3.63) is 65.0 Å². The monoisotopic (exact) mass is 350 g/mol. The normalized spacial score (nSPS) is 11.3. The number of hydrogen-bond donors (Lipinski definition) is 2. The SMILES string of the molecule is [C-]#[N+]c1cccc(-c2ccc(C(C)(C)C(=O)NCC(C)C)cc2)c1CO. The second-order valence-corrected chi connectivity index (χ2v) is 7.38. The van der Waals surface area contributed by atoms with E-state index in [0.29, 0.717) is 23.7 Å². The van der Waals surface area contributed by atoms with E-state index in [4.69, 9.17) is 6.57 Å². The largest absolute Gasteiger partial charge is 0.393 e. The van der Waals surface area contributed by atoms with Crippen LogP contribution in [0.3, 0.4) is 0 Å². The Hall–Kier alpha value is -2.64. The van der Waals surface area contributed by atoms with E-state index in [0.717, 1.165) is 16.7 Å². The molecule has 0 aromatic heterocycles. The summed E-state index contributed by atoms with van der Waals surface area (Å²) < 4.78 is 0. The van der Waals surface area contributed by atoms with Gasteiger partial charge in [-0.2, -0.15) is 0 Å². The van der Waals surface area contributed by atoms with Crippen LogP contribution >= 0.6 is 0 Å². The standard InChI is InChI=1S/C22H26N2O2/c1-15(2)13-24-21(26)22(3,4)17-11-9-16(10-12-17)18-7-6-8-20(23-5)19(18)14-25/h6-12,15,25H,13-14H2,1-4H3,(H,24,26). The zero-order valence-electron chi connectivity index (χ0n) is 15.8. The summed E-state index contributed by atoms with van der Waals surface area (Å²) in [6, 6.07) is 13.2. The second-order valence-electron chi connectivity index (χ2n) is 7.38. The Kier molecular flexibility index (Phi) is 6.18. The van der Waals surface area contributed by atoms with Crippen molar-refractivity contribution in [3.63, 3.8) is 0 Å². The van der Waals surface area contributed by atoms with Crippen LogP contribution in [0.1, 0.15) is 38.8 Å². The van der Waals surface area contributed by atoms with Gasteiger partial charge in [-0.25, -0.2) is 4.85 Å². The number of carbonyl (C=O) groups excluding carboxylic acids is 1. The van der Waals surface area contributed by atoms with Crippen molar-refractivity contribution in [2.45, 2.75) is 39.7 Å². The van der Waals surface area contributed by atoms with Crippen molar-refractivity contribution in [1.82, 2.24) is 5.32 Å². The van der Waals surface area contributed by atoms with Gasteiger partial charge in [0.05, 0.1) is 18.6 Å². The summed E-state index contributed by atoms with van der Waals surface area (Å²) in [6.45, 7) is 15.7. The van der Waals surface area contributed by atoms with Crippen LogP contribution < -0.4 is 5.32 Å². The maximum absolute atomic E-state index is 12.5. The molecule has 0 aliphatic heterocycles. The molecule has 0 fully saturated rings. The van der Waals surface area contributed by atoms with Gasteiger partial charge in [-0.05, 0) is 42.0 Å². The highest BCUT2D eigenvalue weighted by Gasteiger charge is 2.29. The molecule has 4 heteroatoms. The highest BCUT2D eigenvalue weighted by Crippen LogP contribution is 2.33. The van der Waals surface area contributed by atoms with Gasteiger partial charge in [0.1, 0.15) is 0 Å². The molecule has 2 N–H and O–H groups in total. The number of nitrogens with zero attached hydrogens (tertiary/aromatic N) is 1. The summed E-state index contributed by atoms with van der Waals surface area (Å²) in [5, 5.41) is 12.7. The zero-order chi connectivity index (χ0) is 19.3. The number of aliphatic hydroxyl groups is 1. The number of hydrogen-bond acceptors (Lipinski definition) is 2. The van der Waals surface area contributed by atoms with E-state index in [9.17, 15) is 9.90 Å². The fraction of sp³-hybridized carbons (Fsp3) is 0.364. The fourth-order valence-electron chi connectivity index (χ4n) is 2.83. The zero-order valence-corrected chi connectivity index (χ0v) is 15.8. The van der Waals surface area contributed by atoms with E-state index in [1.54, 1.807) is 6.07 Å². The van der Waals surface area contributed by atoms with Crippen LogP contribution in [0.2, 0.25) is 0 Å². The molecule has 0 saturated heterocycles. The summed E-state index contributed by atoms with van der Waals surface area (Å²) in [6.07, 6.45) is 0. The molecule has 26 heavy (non-hydrogen) atoms. The number of aliphatic hydroxyl groups excluding tert-OH is 1. The van der Waals surface area contributed by atoms with Crippen LogP contribution in [0.25, 0.3) is 16.0 Å². The quantitative estimate of drug-likeness (QED) is 0.757. The van der Waals surface area contributed by atoms with Crippen molar-refractivity contribution in [2.24, 2.45) is 5.92 Å². The smallest absolute Gasteiger partial charge is 0.230 e. The summed E-state index contributed by atoms with van der Waals surface area (Å²) in [5.41, 5.74) is 3.14. The summed E-state index contributed by atoms with van der Waals surface area (Å²) in [4.78, 5) is 16.0. The number of benzene rings is 2. The number of amides is 1. The van der Waals surface area contributed by atoms with Crippen molar-refractivity contribution in [3.8, 4) is 11.1 Å². The lowest BCUT2D eigenvalue weighted by Crippen LogP contribution is -2.41. The lowest BCUT2D eigenvalue weighted by molar-refractivity contribution is -0.125. The van der Waals surface area contributed by atoms with Crippen LogP contribution in [-0.4, -0.2) is 17.6 Å². The molecule has 0 radical (unpaired) electrons. The van der Waals surface area contributed by atoms with E-state index in [2.05, 4.69) is 24.0 Å². The minimum Gasteiger partial charge on any atom is -0.393 e. The topological polar surface area (TPSA) is 53.7 Å². The summed E-state index contributed by atoms with van der Waals surface area (Å²) >= 11 is 0. The van der Waals surface area contributed by atoms with Gasteiger partial charge in [0, 0.05) is 6.54 Å². The van der Waals surface area contributed by atoms with E-state index < -0.39 is 5.41 Å². The Labute approximate surface area is 155 Å². The van der Waals surface area contributed by atoms with Crippen molar-refractivity contribution < 1.29 is 9.90 Å². The molecule has 0 saturated carbocycles. The molecule has 0 aliphatic rings. The third-order valence-corrected chi connectivity index (χ3v) is 4.59. The van der Waals surface area contributed by atoms with Gasteiger partial charge in [-0.15, -0.1) is 0 Å². The number of carbonyl (C=O) groups is 1. The van der Waals surface area contributed by atoms with Crippen molar-refractivity contribution in [1.29, 1.82) is 0 Å². The predicted octanol–water partition coefficient (Wildman–Crippen LogP) is 4.45. The maximum Gasteiger partial charge on any atom is 0.230 e. The first-order valence-corrected chi connectivity index (χ1v) is 8.80. The third-order valence-electron chi connectivity index (χ3n) is 4.59. The maximum atomic E-state index is 12.5. The molecule has 0 aliphatic carbocycles. The molecule has 0 bridgehead atoms. The summed E-state index contributed by atoms with van der Waals surface area (Å²) in [5.74, 6) is 0.411. The van der Waals surface area contributed by atoms with Gasteiger partial charge in [-0.3, -0.25) is 4.79 Å². The van der Waals surface area contributed by atoms with Gasteiger partial charge < -0.3 is 10.4 Å². The highest BCUT2D eigenvalue weighted by molar-refractivity contribution is 5.87. The molecule has 0 unspecified atom stereocenters. The molecule has 2 aromatic carbocycles. The Morgan fingerprint density at radius 1 is 1.19 bits per heavy atom. The Balaban J connectivity index is 2.32. The number of rotatable bonds is 6. The van der Waals surface area contributed by atoms with Crippen LogP contribution in [0.4, 0.5) is 5.69 Å². The van der Waals surface area contributed by atoms with E-state index >= 15 is 0 Å². The molecular weight excluding hydrogens is 324 g/mol. The first-order valence-electron chi connectivity index (χ1n) is 8.80. The van der Waals surface area contributed by atoms with E-state index in [-0.39, 0.29) is 12.5 Å². The molecule has 2 aromatic rings. The van der Waals surface area contributed by atoms with E-state index in [1.165, 1.54) is 0 Å². The van der Waals surface area contributed by atoms with Crippen LogP contribution in [-0.2, 0) is 16.8 Å². The average molecular weight is 350 g/mol. The fourth-order valence-corrected chi connectivity index (χ4v) is 2.83. The van der Waals surface area contributed by atoms with E-state index in [1.807, 2.05) is 50.2 Å². The lowest BCUT2D eigenvalue weighted by Gasteiger charge is -2.25. The Morgan fingerprint density at radius 3 is 2.38 bits per heavy atom. The van der Waals surface area contributed by atoms with Crippen LogP contribution in [0.5, 0.6) is 0 Å². The molecule has 4 nitrogen and oxygen atoms in total. The van der Waals surface area contributed by atoms with Crippen LogP contribution in [0.15, 0.2) is 42.5 Å². The van der Waals surface area contributed by atoms with Gasteiger partial charge >= 0.3 is 0 Å². The Bertz CT molecular complexity index is 815. The molecule has 0 spiro atoms. The van der Waals surface area contributed by atoms with Crippen LogP contribution in [0, 0.1) is 12.5 Å². The van der Waals surface area contributed by atoms with Gasteiger partial charge in [-0.1, -0.05) is 56.3 Å². The second kappa shape index (κ2) is 8.16. The number of nitrogens with one attached hydrogen (secondary N) is 1. The molecule has 0 atom stereocenters. The van der Waals surface area contributed by atoms with Gasteiger partial charge in [0.25, 0.3) is 0 Å². The minimum atomic E-state index is -0.633. The summed E-state index contributed by atoms with van der Waals surface area (Å²) in [7, 11) is 0. The molecule has 1 amide bonds. The van der Waals surface area contributed by atoms with Crippen molar-refractivity contribution >= 4 is 11.6 Å². The predicted molar refractivity (Wildman–Crippen MR) is 105 cm³/mol. The Morgan fingerprint density at radius 2 is 1.85 bits per heavy atom. The van der Waals surface area contributed by atoms with Crippen molar-refractivity contribution in [2.75, 3.05) is 6.54 Å².